The number of thiophene rings is 1. The number of carbonyl (C=O) groups excluding carboxylic acids is 1. The predicted molar refractivity (Wildman–Crippen MR) is 92.3 cm³/mol. The molecule has 2 aromatic rings. The van der Waals surface area contributed by atoms with Crippen LogP contribution in [0.5, 0.6) is 0 Å². The van der Waals surface area contributed by atoms with Crippen LogP contribution in [0.1, 0.15) is 36.0 Å². The SMILES string of the molecule is CC(C)(C)c1ccc(S(=O)(=O)Nc2ccsc2C(=O)[O-])c(Br)c1. The number of hydrogen-bond acceptors (Lipinski definition) is 5. The summed E-state index contributed by atoms with van der Waals surface area (Å²) in [7, 11) is -3.91. The van der Waals surface area contributed by atoms with Gasteiger partial charge >= 0.3 is 0 Å². The van der Waals surface area contributed by atoms with Gasteiger partial charge in [-0.05, 0) is 50.5 Å². The third-order valence-electron chi connectivity index (χ3n) is 3.18. The second-order valence-electron chi connectivity index (χ2n) is 5.95. The van der Waals surface area contributed by atoms with Crippen LogP contribution in [0.3, 0.4) is 0 Å². The molecule has 1 N–H and O–H groups in total. The van der Waals surface area contributed by atoms with Gasteiger partial charge in [-0.2, -0.15) is 0 Å². The van der Waals surface area contributed by atoms with Gasteiger partial charge < -0.3 is 9.90 Å². The summed E-state index contributed by atoms with van der Waals surface area (Å²) in [4.78, 5) is 10.9. The number of halogens is 1. The molecule has 0 bridgehead atoms. The molecule has 1 aromatic heterocycles. The molecule has 0 saturated carbocycles. The summed E-state index contributed by atoms with van der Waals surface area (Å²) in [6, 6.07) is 6.39. The first-order valence-corrected chi connectivity index (χ1v) is 9.79. The normalized spacial score (nSPS) is 12.2. The van der Waals surface area contributed by atoms with Crippen molar-refractivity contribution in [2.45, 2.75) is 31.1 Å². The van der Waals surface area contributed by atoms with Crippen LogP contribution >= 0.6 is 27.3 Å². The molecule has 0 unspecified atom stereocenters. The van der Waals surface area contributed by atoms with E-state index in [1.807, 2.05) is 20.8 Å². The van der Waals surface area contributed by atoms with Crippen molar-refractivity contribution in [3.05, 3.63) is 44.6 Å². The molecular weight excluding hydrogens is 402 g/mol. The highest BCUT2D eigenvalue weighted by atomic mass is 79.9. The Morgan fingerprint density at radius 3 is 2.43 bits per heavy atom. The van der Waals surface area contributed by atoms with Crippen LogP contribution in [-0.2, 0) is 15.4 Å². The Labute approximate surface area is 147 Å². The third kappa shape index (κ3) is 3.94. The first-order valence-electron chi connectivity index (χ1n) is 6.64. The molecule has 5 nitrogen and oxygen atoms in total. The van der Waals surface area contributed by atoms with E-state index in [2.05, 4.69) is 20.7 Å². The monoisotopic (exact) mass is 416 g/mol. The van der Waals surface area contributed by atoms with Crippen molar-refractivity contribution in [1.82, 2.24) is 0 Å². The smallest absolute Gasteiger partial charge is 0.263 e. The summed E-state index contributed by atoms with van der Waals surface area (Å²) in [5.41, 5.74) is 0.865. The maximum absolute atomic E-state index is 12.5. The Kier molecular flexibility index (Phi) is 4.89. The Bertz CT molecular complexity index is 851. The fourth-order valence-electron chi connectivity index (χ4n) is 1.93. The van der Waals surface area contributed by atoms with E-state index in [1.165, 1.54) is 17.5 Å². The molecule has 0 aliphatic heterocycles. The Morgan fingerprint density at radius 2 is 1.91 bits per heavy atom. The van der Waals surface area contributed by atoms with E-state index in [-0.39, 0.29) is 20.9 Å². The van der Waals surface area contributed by atoms with Gasteiger partial charge in [-0.1, -0.05) is 26.8 Å². The lowest BCUT2D eigenvalue weighted by atomic mass is 9.87. The number of carboxylic acids is 1. The van der Waals surface area contributed by atoms with Crippen molar-refractivity contribution >= 4 is 48.9 Å². The fraction of sp³-hybridized carbons (Fsp3) is 0.267. The highest BCUT2D eigenvalue weighted by molar-refractivity contribution is 9.10. The van der Waals surface area contributed by atoms with Crippen LogP contribution in [0, 0.1) is 0 Å². The van der Waals surface area contributed by atoms with E-state index < -0.39 is 16.0 Å². The van der Waals surface area contributed by atoms with Gasteiger partial charge in [0, 0.05) is 4.47 Å². The molecule has 0 atom stereocenters. The molecule has 0 saturated heterocycles. The minimum atomic E-state index is -3.91. The molecular formula is C15H15BrNO4S2-. The van der Waals surface area contributed by atoms with E-state index in [1.54, 1.807) is 12.1 Å². The standard InChI is InChI=1S/C15H16BrNO4S2/c1-15(2,3)9-4-5-12(10(16)8-9)23(20,21)17-11-6-7-22-13(11)14(18)19/h4-8,17H,1-3H3,(H,18,19)/p-1. The predicted octanol–water partition coefficient (Wildman–Crippen LogP) is 2.97. The van der Waals surface area contributed by atoms with Crippen LogP contribution < -0.4 is 9.83 Å². The second-order valence-corrected chi connectivity index (χ2v) is 9.37. The van der Waals surface area contributed by atoms with E-state index in [0.29, 0.717) is 4.47 Å². The van der Waals surface area contributed by atoms with Gasteiger partial charge in [0.1, 0.15) is 4.90 Å². The van der Waals surface area contributed by atoms with Crippen molar-refractivity contribution in [1.29, 1.82) is 0 Å². The second kappa shape index (κ2) is 6.26. The van der Waals surface area contributed by atoms with Gasteiger partial charge in [0.2, 0.25) is 0 Å². The molecule has 0 aliphatic carbocycles. The van der Waals surface area contributed by atoms with Gasteiger partial charge in [0.25, 0.3) is 10.0 Å². The Hall–Kier alpha value is -1.38. The zero-order chi connectivity index (χ0) is 17.4. The molecule has 23 heavy (non-hydrogen) atoms. The largest absolute Gasteiger partial charge is 0.544 e. The van der Waals surface area contributed by atoms with E-state index >= 15 is 0 Å². The van der Waals surface area contributed by atoms with Gasteiger partial charge in [-0.15, -0.1) is 11.3 Å². The molecule has 0 amide bonds. The zero-order valence-electron chi connectivity index (χ0n) is 12.7. The molecule has 0 radical (unpaired) electrons. The van der Waals surface area contributed by atoms with Crippen LogP contribution in [0.2, 0.25) is 0 Å². The summed E-state index contributed by atoms with van der Waals surface area (Å²) in [5.74, 6) is -1.42. The number of hydrogen-bond donors (Lipinski definition) is 1. The lowest BCUT2D eigenvalue weighted by Gasteiger charge is -2.20. The van der Waals surface area contributed by atoms with Crippen LogP contribution in [0.15, 0.2) is 39.0 Å². The first kappa shape index (κ1) is 18.0. The Balaban J connectivity index is 2.41. The zero-order valence-corrected chi connectivity index (χ0v) is 15.9. The third-order valence-corrected chi connectivity index (χ3v) is 6.42. The molecule has 0 spiro atoms. The van der Waals surface area contributed by atoms with Crippen molar-refractivity contribution in [2.75, 3.05) is 4.72 Å². The highest BCUT2D eigenvalue weighted by Gasteiger charge is 2.22. The number of nitrogens with one attached hydrogen (secondary N) is 1. The number of aromatic carboxylic acids is 1. The Morgan fingerprint density at radius 1 is 1.26 bits per heavy atom. The summed E-state index contributed by atoms with van der Waals surface area (Å²) in [6.07, 6.45) is 0. The van der Waals surface area contributed by atoms with Crippen molar-refractivity contribution < 1.29 is 18.3 Å². The molecule has 2 rings (SSSR count). The van der Waals surface area contributed by atoms with E-state index in [9.17, 15) is 18.3 Å². The molecule has 0 fully saturated rings. The molecule has 8 heteroatoms. The summed E-state index contributed by atoms with van der Waals surface area (Å²) in [6.45, 7) is 6.08. The first-order chi connectivity index (χ1) is 10.5. The quantitative estimate of drug-likeness (QED) is 0.829. The number of carboxylic acid groups (broad SMARTS) is 1. The fourth-order valence-corrected chi connectivity index (χ4v) is 4.83. The van der Waals surface area contributed by atoms with Crippen LogP contribution in [0.25, 0.3) is 0 Å². The summed E-state index contributed by atoms with van der Waals surface area (Å²) in [5, 5.41) is 12.5. The molecule has 0 aliphatic rings. The topological polar surface area (TPSA) is 86.3 Å². The summed E-state index contributed by atoms with van der Waals surface area (Å²) < 4.78 is 27.7. The minimum Gasteiger partial charge on any atom is -0.544 e. The average molecular weight is 417 g/mol. The van der Waals surface area contributed by atoms with Gasteiger partial charge in [-0.25, -0.2) is 8.42 Å². The molecule has 124 valence electrons. The minimum absolute atomic E-state index is 0.00166. The number of sulfonamides is 1. The number of anilines is 1. The van der Waals surface area contributed by atoms with E-state index in [4.69, 9.17) is 0 Å². The lowest BCUT2D eigenvalue weighted by molar-refractivity contribution is -0.254. The van der Waals surface area contributed by atoms with Crippen LogP contribution in [-0.4, -0.2) is 14.4 Å². The van der Waals surface area contributed by atoms with Gasteiger partial charge in [-0.3, -0.25) is 4.72 Å². The maximum atomic E-state index is 12.5. The van der Waals surface area contributed by atoms with E-state index in [0.717, 1.165) is 16.9 Å². The summed E-state index contributed by atoms with van der Waals surface area (Å²) >= 11 is 4.18. The number of rotatable bonds is 4. The lowest BCUT2D eigenvalue weighted by Crippen LogP contribution is -2.23. The van der Waals surface area contributed by atoms with Crippen molar-refractivity contribution in [3.8, 4) is 0 Å². The molecule has 1 heterocycles. The van der Waals surface area contributed by atoms with Crippen molar-refractivity contribution in [3.63, 3.8) is 0 Å². The maximum Gasteiger partial charge on any atom is 0.263 e. The molecule has 1 aromatic carbocycles. The number of benzene rings is 1. The van der Waals surface area contributed by atoms with Crippen LogP contribution in [0.4, 0.5) is 5.69 Å². The van der Waals surface area contributed by atoms with Gasteiger partial charge in [0.05, 0.1) is 16.5 Å². The number of carbonyl (C=O) groups is 1. The van der Waals surface area contributed by atoms with Crippen molar-refractivity contribution in [2.24, 2.45) is 0 Å². The highest BCUT2D eigenvalue weighted by Crippen LogP contribution is 2.31. The average Bonchev–Trinajstić information content (AvgIpc) is 2.84. The van der Waals surface area contributed by atoms with Gasteiger partial charge in [0.15, 0.2) is 0 Å².